The Morgan fingerprint density at radius 3 is 3.04 bits per heavy atom. The lowest BCUT2D eigenvalue weighted by atomic mass is 9.94. The third-order valence-corrected chi connectivity index (χ3v) is 5.26. The maximum Gasteiger partial charge on any atom is 0.259 e. The fraction of sp³-hybridized carbons (Fsp3) is 0.450. The zero-order valence-corrected chi connectivity index (χ0v) is 15.3. The lowest BCUT2D eigenvalue weighted by molar-refractivity contribution is 0.0703. The second-order valence-electron chi connectivity index (χ2n) is 6.89. The van der Waals surface area contributed by atoms with Crippen molar-refractivity contribution in [2.24, 2.45) is 0 Å². The Balaban J connectivity index is 1.58. The fourth-order valence-electron chi connectivity index (χ4n) is 3.86. The number of nitrogens with one attached hydrogen (secondary N) is 1. The van der Waals surface area contributed by atoms with E-state index in [1.165, 1.54) is 0 Å². The summed E-state index contributed by atoms with van der Waals surface area (Å²) < 4.78 is 5.39. The number of nitrogens with zero attached hydrogens (tertiary/aromatic N) is 3. The molecule has 0 aliphatic carbocycles. The molecule has 1 atom stereocenters. The molecule has 26 heavy (non-hydrogen) atoms. The lowest BCUT2D eigenvalue weighted by Crippen LogP contribution is -2.39. The molecule has 1 N–H and O–H groups in total. The van der Waals surface area contributed by atoms with Crippen LogP contribution in [-0.4, -0.2) is 39.0 Å². The van der Waals surface area contributed by atoms with Crippen molar-refractivity contribution in [3.63, 3.8) is 0 Å². The van der Waals surface area contributed by atoms with E-state index >= 15 is 0 Å². The number of carbonyl (C=O) groups is 1. The molecule has 0 radical (unpaired) electrons. The van der Waals surface area contributed by atoms with Crippen molar-refractivity contribution < 1.29 is 9.32 Å². The predicted molar refractivity (Wildman–Crippen MR) is 99.2 cm³/mol. The van der Waals surface area contributed by atoms with Gasteiger partial charge in [0.15, 0.2) is 0 Å². The van der Waals surface area contributed by atoms with E-state index in [-0.39, 0.29) is 5.91 Å². The fourth-order valence-corrected chi connectivity index (χ4v) is 3.86. The Morgan fingerprint density at radius 2 is 2.27 bits per heavy atom. The highest BCUT2D eigenvalue weighted by Crippen LogP contribution is 2.30. The highest BCUT2D eigenvalue weighted by Gasteiger charge is 2.30. The average Bonchev–Trinajstić information content (AvgIpc) is 3.31. The maximum atomic E-state index is 13.2. The van der Waals surface area contributed by atoms with Crippen LogP contribution in [-0.2, 0) is 12.8 Å². The van der Waals surface area contributed by atoms with E-state index in [4.69, 9.17) is 4.52 Å². The Kier molecular flexibility index (Phi) is 4.49. The van der Waals surface area contributed by atoms with Gasteiger partial charge in [-0.3, -0.25) is 9.78 Å². The van der Waals surface area contributed by atoms with E-state index < -0.39 is 0 Å². The summed E-state index contributed by atoms with van der Waals surface area (Å²) in [5.41, 5.74) is 4.63. The van der Waals surface area contributed by atoms with Crippen LogP contribution in [0.5, 0.6) is 0 Å². The average molecular weight is 352 g/mol. The van der Waals surface area contributed by atoms with Gasteiger partial charge in [0.1, 0.15) is 11.3 Å². The van der Waals surface area contributed by atoms with Crippen molar-refractivity contribution in [1.82, 2.24) is 20.0 Å². The zero-order chi connectivity index (χ0) is 18.1. The quantitative estimate of drug-likeness (QED) is 0.777. The van der Waals surface area contributed by atoms with Crippen molar-refractivity contribution in [3.05, 3.63) is 47.1 Å². The highest BCUT2D eigenvalue weighted by molar-refractivity contribution is 5.96. The number of rotatable bonds is 4. The summed E-state index contributed by atoms with van der Waals surface area (Å²) in [6, 6.07) is 6.09. The van der Waals surface area contributed by atoms with E-state index in [1.54, 1.807) is 6.20 Å². The minimum atomic E-state index is 0.0545. The maximum absolute atomic E-state index is 13.2. The largest absolute Gasteiger partial charge is 0.360 e. The van der Waals surface area contributed by atoms with E-state index in [1.807, 2.05) is 30.9 Å². The van der Waals surface area contributed by atoms with Gasteiger partial charge in [0.25, 0.3) is 5.91 Å². The zero-order valence-electron chi connectivity index (χ0n) is 15.3. The third kappa shape index (κ3) is 2.89. The molecule has 4 heterocycles. The number of pyridine rings is 1. The first-order chi connectivity index (χ1) is 12.7. The molecule has 1 aliphatic rings. The van der Waals surface area contributed by atoms with Gasteiger partial charge in [0.05, 0.1) is 16.7 Å². The first kappa shape index (κ1) is 16.8. The number of hydrogen-bond acceptors (Lipinski definition) is 4. The second kappa shape index (κ2) is 6.94. The Labute approximate surface area is 152 Å². The van der Waals surface area contributed by atoms with Crippen molar-refractivity contribution >= 4 is 16.9 Å². The van der Waals surface area contributed by atoms with Crippen LogP contribution in [0.25, 0.3) is 11.0 Å². The number of amides is 1. The summed E-state index contributed by atoms with van der Waals surface area (Å²) in [4.78, 5) is 23.0. The number of aromatic amines is 1. The molecule has 3 aromatic heterocycles. The number of H-pyrrole nitrogens is 1. The molecule has 6 nitrogen and oxygen atoms in total. The molecule has 1 fully saturated rings. The lowest BCUT2D eigenvalue weighted by Gasteiger charge is -2.32. The summed E-state index contributed by atoms with van der Waals surface area (Å²) in [6.45, 7) is 5.49. The standard InChI is InChI=1S/C20H24N4O2/c1-3-14-19(18(4-2)26-23-14)20(25)24-10-6-7-13(12-24)16-11-17-15(22-16)8-5-9-21-17/h5,8-9,11,13,22H,3-4,6-7,10,12H2,1-2H3/t13-/m1/s1. The third-order valence-electron chi connectivity index (χ3n) is 5.26. The van der Waals surface area contributed by atoms with Gasteiger partial charge in [0, 0.05) is 37.3 Å². The molecule has 1 aliphatic heterocycles. The molecule has 1 amide bonds. The van der Waals surface area contributed by atoms with Crippen molar-refractivity contribution in [3.8, 4) is 0 Å². The van der Waals surface area contributed by atoms with E-state index in [9.17, 15) is 4.79 Å². The molecule has 1 saturated heterocycles. The summed E-state index contributed by atoms with van der Waals surface area (Å²) in [5.74, 6) is 1.06. The summed E-state index contributed by atoms with van der Waals surface area (Å²) in [5, 5.41) is 4.09. The number of carbonyl (C=O) groups excluding carboxylic acids is 1. The number of aromatic nitrogens is 3. The van der Waals surface area contributed by atoms with Crippen LogP contribution < -0.4 is 0 Å². The highest BCUT2D eigenvalue weighted by atomic mass is 16.5. The number of likely N-dealkylation sites (tertiary alicyclic amines) is 1. The van der Waals surface area contributed by atoms with Crippen LogP contribution in [0.2, 0.25) is 0 Å². The Morgan fingerprint density at radius 1 is 1.38 bits per heavy atom. The van der Waals surface area contributed by atoms with Crippen LogP contribution in [0.3, 0.4) is 0 Å². The van der Waals surface area contributed by atoms with Crippen LogP contribution in [0.15, 0.2) is 28.9 Å². The molecule has 0 bridgehead atoms. The molecule has 4 rings (SSSR count). The molecule has 136 valence electrons. The van der Waals surface area contributed by atoms with Crippen molar-refractivity contribution in [2.75, 3.05) is 13.1 Å². The molecule has 0 aromatic carbocycles. The van der Waals surface area contributed by atoms with Gasteiger partial charge < -0.3 is 14.4 Å². The Hall–Kier alpha value is -2.63. The minimum absolute atomic E-state index is 0.0545. The normalized spacial score (nSPS) is 17.8. The number of hydrogen-bond donors (Lipinski definition) is 1. The SMILES string of the molecule is CCc1noc(CC)c1C(=O)N1CCC[C@@H](c2cc3ncccc3[nH]2)C1. The van der Waals surface area contributed by atoms with Gasteiger partial charge >= 0.3 is 0 Å². The van der Waals surface area contributed by atoms with Gasteiger partial charge in [-0.15, -0.1) is 0 Å². The number of piperidine rings is 1. The van der Waals surface area contributed by atoms with E-state index in [0.717, 1.165) is 41.8 Å². The minimum Gasteiger partial charge on any atom is -0.360 e. The van der Waals surface area contributed by atoms with Gasteiger partial charge in [-0.05, 0) is 37.5 Å². The molecular weight excluding hydrogens is 328 g/mol. The summed E-state index contributed by atoms with van der Waals surface area (Å²) >= 11 is 0. The van der Waals surface area contributed by atoms with Crippen molar-refractivity contribution in [2.45, 2.75) is 45.4 Å². The molecular formula is C20H24N4O2. The van der Waals surface area contributed by atoms with Gasteiger partial charge in [-0.25, -0.2) is 0 Å². The summed E-state index contributed by atoms with van der Waals surface area (Å²) in [6.07, 6.45) is 5.25. The van der Waals surface area contributed by atoms with Crippen LogP contribution in [0.1, 0.15) is 60.1 Å². The topological polar surface area (TPSA) is 75.0 Å². The number of aryl methyl sites for hydroxylation is 2. The van der Waals surface area contributed by atoms with Gasteiger partial charge in [-0.1, -0.05) is 19.0 Å². The smallest absolute Gasteiger partial charge is 0.259 e. The number of fused-ring (bicyclic) bond motifs is 1. The van der Waals surface area contributed by atoms with Crippen LogP contribution >= 0.6 is 0 Å². The van der Waals surface area contributed by atoms with Crippen LogP contribution in [0, 0.1) is 0 Å². The van der Waals surface area contributed by atoms with E-state index in [2.05, 4.69) is 21.2 Å². The van der Waals surface area contributed by atoms with Gasteiger partial charge in [-0.2, -0.15) is 0 Å². The molecule has 0 spiro atoms. The second-order valence-corrected chi connectivity index (χ2v) is 6.89. The van der Waals surface area contributed by atoms with E-state index in [0.29, 0.717) is 36.6 Å². The molecule has 6 heteroatoms. The van der Waals surface area contributed by atoms with Crippen LogP contribution in [0.4, 0.5) is 0 Å². The first-order valence-corrected chi connectivity index (χ1v) is 9.41. The van der Waals surface area contributed by atoms with Gasteiger partial charge in [0.2, 0.25) is 0 Å². The first-order valence-electron chi connectivity index (χ1n) is 9.41. The molecule has 0 unspecified atom stereocenters. The Bertz CT molecular complexity index is 872. The summed E-state index contributed by atoms with van der Waals surface area (Å²) in [7, 11) is 0. The monoisotopic (exact) mass is 352 g/mol. The van der Waals surface area contributed by atoms with Crippen molar-refractivity contribution in [1.29, 1.82) is 0 Å². The molecule has 0 saturated carbocycles. The molecule has 3 aromatic rings. The predicted octanol–water partition coefficient (Wildman–Crippen LogP) is 3.70.